The molecule has 1 aromatic heterocycles. The van der Waals surface area contributed by atoms with E-state index in [1.807, 2.05) is 6.92 Å². The number of anilines is 1. The third-order valence-electron chi connectivity index (χ3n) is 3.52. The van der Waals surface area contributed by atoms with Crippen molar-refractivity contribution in [2.45, 2.75) is 32.6 Å². The molecule has 0 unspecified atom stereocenters. The van der Waals surface area contributed by atoms with E-state index in [4.69, 9.17) is 11.6 Å². The number of carbonyl (C=O) groups excluding carboxylic acids is 1. The van der Waals surface area contributed by atoms with Gasteiger partial charge >= 0.3 is 0 Å². The second-order valence-electron chi connectivity index (χ2n) is 4.92. The molecule has 1 aromatic rings. The van der Waals surface area contributed by atoms with Gasteiger partial charge in [-0.05, 0) is 25.3 Å². The van der Waals surface area contributed by atoms with Gasteiger partial charge in [0.2, 0.25) is 0 Å². The van der Waals surface area contributed by atoms with E-state index in [-0.39, 0.29) is 5.91 Å². The Labute approximate surface area is 118 Å². The molecule has 2 rings (SSSR count). The van der Waals surface area contributed by atoms with Crippen LogP contribution >= 0.6 is 11.6 Å². The van der Waals surface area contributed by atoms with E-state index in [9.17, 15) is 4.79 Å². The fraction of sp³-hybridized carbons (Fsp3) is 0.571. The van der Waals surface area contributed by atoms with Crippen LogP contribution in [0, 0.1) is 5.92 Å². The van der Waals surface area contributed by atoms with E-state index in [2.05, 4.69) is 15.6 Å². The highest BCUT2D eigenvalue weighted by atomic mass is 35.5. The third-order valence-corrected chi connectivity index (χ3v) is 3.82. The Morgan fingerprint density at radius 2 is 2.32 bits per heavy atom. The molecule has 0 spiro atoms. The first kappa shape index (κ1) is 14.1. The minimum atomic E-state index is -0.120. The van der Waals surface area contributed by atoms with Crippen LogP contribution in [0.1, 0.15) is 43.0 Å². The molecular weight excluding hydrogens is 262 g/mol. The van der Waals surface area contributed by atoms with Gasteiger partial charge in [0.15, 0.2) is 0 Å². The zero-order valence-electron chi connectivity index (χ0n) is 11.2. The summed E-state index contributed by atoms with van der Waals surface area (Å²) in [7, 11) is 0. The van der Waals surface area contributed by atoms with Gasteiger partial charge in [0, 0.05) is 19.3 Å². The molecule has 0 aromatic carbocycles. The van der Waals surface area contributed by atoms with Crippen molar-refractivity contribution in [3.63, 3.8) is 0 Å². The highest BCUT2D eigenvalue weighted by Gasteiger charge is 2.17. The maximum absolute atomic E-state index is 12.1. The Hall–Kier alpha value is -1.29. The van der Waals surface area contributed by atoms with Crippen molar-refractivity contribution >= 4 is 23.3 Å². The topological polar surface area (TPSA) is 54.0 Å². The number of aromatic nitrogens is 1. The smallest absolute Gasteiger partial charge is 0.252 e. The average molecular weight is 282 g/mol. The molecule has 0 aliphatic heterocycles. The number of carbonyl (C=O) groups is 1. The molecule has 1 heterocycles. The van der Waals surface area contributed by atoms with Crippen molar-refractivity contribution in [1.29, 1.82) is 0 Å². The predicted molar refractivity (Wildman–Crippen MR) is 77.7 cm³/mol. The molecule has 19 heavy (non-hydrogen) atoms. The summed E-state index contributed by atoms with van der Waals surface area (Å²) >= 11 is 6.02. The zero-order valence-corrected chi connectivity index (χ0v) is 12.0. The summed E-state index contributed by atoms with van der Waals surface area (Å²) in [6.07, 6.45) is 6.52. The molecule has 1 saturated carbocycles. The highest BCUT2D eigenvalue weighted by molar-refractivity contribution is 6.33. The minimum absolute atomic E-state index is 0.120. The first-order valence-electron chi connectivity index (χ1n) is 6.88. The molecule has 5 heteroatoms. The lowest BCUT2D eigenvalue weighted by Gasteiger charge is -2.25. The van der Waals surface area contributed by atoms with Gasteiger partial charge < -0.3 is 10.6 Å². The monoisotopic (exact) mass is 281 g/mol. The molecule has 2 N–H and O–H groups in total. The SMILES string of the molecule is CCNc1cc(C(=O)NCCC2CCC2)c(Cl)cn1. The Balaban J connectivity index is 1.90. The largest absolute Gasteiger partial charge is 0.370 e. The Morgan fingerprint density at radius 3 is 2.95 bits per heavy atom. The van der Waals surface area contributed by atoms with Gasteiger partial charge in [-0.1, -0.05) is 30.9 Å². The molecule has 1 amide bonds. The van der Waals surface area contributed by atoms with Crippen LogP contribution in [0.15, 0.2) is 12.3 Å². The van der Waals surface area contributed by atoms with Crippen molar-refractivity contribution in [1.82, 2.24) is 10.3 Å². The number of hydrogen-bond acceptors (Lipinski definition) is 3. The normalized spacial score (nSPS) is 14.8. The Morgan fingerprint density at radius 1 is 1.53 bits per heavy atom. The average Bonchev–Trinajstić information content (AvgIpc) is 2.35. The quantitative estimate of drug-likeness (QED) is 0.842. The zero-order chi connectivity index (χ0) is 13.7. The summed E-state index contributed by atoms with van der Waals surface area (Å²) in [6, 6.07) is 1.70. The second-order valence-corrected chi connectivity index (χ2v) is 5.33. The molecule has 1 aliphatic carbocycles. The summed E-state index contributed by atoms with van der Waals surface area (Å²) in [5, 5.41) is 6.39. The van der Waals surface area contributed by atoms with Crippen molar-refractivity contribution < 1.29 is 4.79 Å². The van der Waals surface area contributed by atoms with Crippen LogP contribution in [-0.4, -0.2) is 24.0 Å². The van der Waals surface area contributed by atoms with Crippen LogP contribution < -0.4 is 10.6 Å². The highest BCUT2D eigenvalue weighted by Crippen LogP contribution is 2.28. The summed E-state index contributed by atoms with van der Waals surface area (Å²) in [5.41, 5.74) is 0.487. The van der Waals surface area contributed by atoms with Gasteiger partial charge in [-0.2, -0.15) is 0 Å². The fourth-order valence-electron chi connectivity index (χ4n) is 2.16. The molecule has 0 saturated heterocycles. The lowest BCUT2D eigenvalue weighted by molar-refractivity contribution is 0.0949. The number of nitrogens with one attached hydrogen (secondary N) is 2. The lowest BCUT2D eigenvalue weighted by atomic mass is 9.83. The van der Waals surface area contributed by atoms with E-state index in [0.29, 0.717) is 16.4 Å². The van der Waals surface area contributed by atoms with E-state index < -0.39 is 0 Å². The van der Waals surface area contributed by atoms with Gasteiger partial charge in [0.25, 0.3) is 5.91 Å². The number of halogens is 1. The molecule has 104 valence electrons. The van der Waals surface area contributed by atoms with E-state index in [1.165, 1.54) is 25.5 Å². The van der Waals surface area contributed by atoms with Crippen molar-refractivity contribution in [2.24, 2.45) is 5.92 Å². The van der Waals surface area contributed by atoms with Crippen LogP contribution in [0.5, 0.6) is 0 Å². The Kier molecular flexibility index (Phi) is 5.02. The van der Waals surface area contributed by atoms with Gasteiger partial charge in [-0.15, -0.1) is 0 Å². The molecular formula is C14H20ClN3O. The van der Waals surface area contributed by atoms with Crippen LogP contribution in [0.3, 0.4) is 0 Å². The molecule has 0 atom stereocenters. The number of rotatable bonds is 6. The second kappa shape index (κ2) is 6.75. The molecule has 1 fully saturated rings. The van der Waals surface area contributed by atoms with Gasteiger partial charge in [0.05, 0.1) is 10.6 Å². The lowest BCUT2D eigenvalue weighted by Crippen LogP contribution is -2.27. The van der Waals surface area contributed by atoms with Crippen LogP contribution in [0.4, 0.5) is 5.82 Å². The number of hydrogen-bond donors (Lipinski definition) is 2. The maximum atomic E-state index is 12.1. The first-order valence-corrected chi connectivity index (χ1v) is 7.26. The number of amides is 1. The van der Waals surface area contributed by atoms with Crippen molar-refractivity contribution in [2.75, 3.05) is 18.4 Å². The predicted octanol–water partition coefficient (Wildman–Crippen LogP) is 3.09. The molecule has 1 aliphatic rings. The molecule has 0 bridgehead atoms. The van der Waals surface area contributed by atoms with E-state index in [1.54, 1.807) is 6.07 Å². The summed E-state index contributed by atoms with van der Waals surface area (Å²) in [5.74, 6) is 1.35. The fourth-order valence-corrected chi connectivity index (χ4v) is 2.35. The van der Waals surface area contributed by atoms with Crippen LogP contribution in [-0.2, 0) is 0 Å². The van der Waals surface area contributed by atoms with Gasteiger partial charge in [-0.3, -0.25) is 4.79 Å². The maximum Gasteiger partial charge on any atom is 0.252 e. The van der Waals surface area contributed by atoms with Crippen LogP contribution in [0.2, 0.25) is 5.02 Å². The van der Waals surface area contributed by atoms with Crippen LogP contribution in [0.25, 0.3) is 0 Å². The standard InChI is InChI=1S/C14H20ClN3O/c1-2-16-13-8-11(12(15)9-18-13)14(19)17-7-6-10-4-3-5-10/h8-10H,2-7H2,1H3,(H,16,18)(H,17,19). The van der Waals surface area contributed by atoms with Crippen molar-refractivity contribution in [3.8, 4) is 0 Å². The van der Waals surface area contributed by atoms with E-state index >= 15 is 0 Å². The Bertz CT molecular complexity index is 446. The summed E-state index contributed by atoms with van der Waals surface area (Å²) < 4.78 is 0. The minimum Gasteiger partial charge on any atom is -0.370 e. The van der Waals surface area contributed by atoms with Gasteiger partial charge in [-0.25, -0.2) is 4.98 Å². The molecule has 4 nitrogen and oxygen atoms in total. The van der Waals surface area contributed by atoms with E-state index in [0.717, 1.165) is 25.4 Å². The molecule has 0 radical (unpaired) electrons. The first-order chi connectivity index (χ1) is 9.20. The van der Waals surface area contributed by atoms with Gasteiger partial charge in [0.1, 0.15) is 5.82 Å². The third kappa shape index (κ3) is 3.83. The van der Waals surface area contributed by atoms with Crippen molar-refractivity contribution in [3.05, 3.63) is 22.8 Å². The summed E-state index contributed by atoms with van der Waals surface area (Å²) in [6.45, 7) is 3.46. The number of pyridine rings is 1. The number of nitrogens with zero attached hydrogens (tertiary/aromatic N) is 1. The summed E-state index contributed by atoms with van der Waals surface area (Å²) in [4.78, 5) is 16.2.